The molecule has 1 aromatic rings. The van der Waals surface area contributed by atoms with Crippen molar-refractivity contribution in [2.24, 2.45) is 0 Å². The fraction of sp³-hybridized carbons (Fsp3) is 0.462. The average Bonchev–Trinajstić information content (AvgIpc) is 2.82. The number of rotatable bonds is 4. The lowest BCUT2D eigenvalue weighted by atomic mass is 10.0. The van der Waals surface area contributed by atoms with Gasteiger partial charge in [0.05, 0.1) is 6.61 Å². The van der Waals surface area contributed by atoms with Crippen molar-refractivity contribution in [3.63, 3.8) is 0 Å². The highest BCUT2D eigenvalue weighted by Gasteiger charge is 2.41. The molecular weight excluding hydrogens is 351 g/mol. The van der Waals surface area contributed by atoms with Crippen molar-refractivity contribution in [1.82, 2.24) is 5.32 Å². The Kier molecular flexibility index (Phi) is 6.39. The Balaban J connectivity index is 0.00000200. The number of amides is 1. The first kappa shape index (κ1) is 17.4. The molecule has 2 rings (SSSR count). The van der Waals surface area contributed by atoms with Crippen LogP contribution in [0.4, 0.5) is 10.1 Å². The number of hydrogen-bond donors (Lipinski definition) is 2. The van der Waals surface area contributed by atoms with Gasteiger partial charge in [-0.3, -0.25) is 4.79 Å². The van der Waals surface area contributed by atoms with Crippen molar-refractivity contribution in [2.75, 3.05) is 25.5 Å². The topological polar surface area (TPSA) is 50.4 Å². The summed E-state index contributed by atoms with van der Waals surface area (Å²) in [5, 5.41) is 5.52. The van der Waals surface area contributed by atoms with E-state index in [4.69, 9.17) is 4.74 Å². The van der Waals surface area contributed by atoms with Gasteiger partial charge in [-0.25, -0.2) is 4.39 Å². The zero-order valence-corrected chi connectivity index (χ0v) is 13.4. The molecule has 20 heavy (non-hydrogen) atoms. The van der Waals surface area contributed by atoms with E-state index in [1.807, 2.05) is 6.07 Å². The van der Waals surface area contributed by atoms with Gasteiger partial charge in [0.25, 0.3) is 5.91 Å². The maximum Gasteiger partial charge on any atom is 0.263 e. The highest BCUT2D eigenvalue weighted by atomic mass is 79.9. The number of methoxy groups -OCH3 is 1. The van der Waals surface area contributed by atoms with Crippen LogP contribution in [0.5, 0.6) is 0 Å². The van der Waals surface area contributed by atoms with Gasteiger partial charge in [-0.15, -0.1) is 12.4 Å². The monoisotopic (exact) mass is 366 g/mol. The van der Waals surface area contributed by atoms with E-state index in [1.165, 1.54) is 0 Å². The largest absolute Gasteiger partial charge is 0.380 e. The maximum atomic E-state index is 14.3. The first-order valence-electron chi connectivity index (χ1n) is 6.04. The van der Waals surface area contributed by atoms with Crippen LogP contribution in [-0.4, -0.2) is 31.8 Å². The van der Waals surface area contributed by atoms with Crippen LogP contribution < -0.4 is 10.6 Å². The summed E-state index contributed by atoms with van der Waals surface area (Å²) in [5.41, 5.74) is -0.454. The standard InChI is InChI=1S/C13H16BrFN2O2.ClH/c1-19-7-9-10(14)3-2-4-11(9)17-12(18)13(15)5-6-16-8-13;/h2-4,16H,5-8H2,1H3,(H,17,18);1H. The van der Waals surface area contributed by atoms with E-state index in [9.17, 15) is 9.18 Å². The van der Waals surface area contributed by atoms with Crippen LogP contribution in [0.2, 0.25) is 0 Å². The fourth-order valence-electron chi connectivity index (χ4n) is 2.06. The van der Waals surface area contributed by atoms with Gasteiger partial charge in [0, 0.05) is 35.8 Å². The number of hydrogen-bond acceptors (Lipinski definition) is 3. The lowest BCUT2D eigenvalue weighted by Crippen LogP contribution is -2.40. The van der Waals surface area contributed by atoms with E-state index in [2.05, 4.69) is 26.6 Å². The minimum Gasteiger partial charge on any atom is -0.380 e. The first-order chi connectivity index (χ1) is 9.07. The molecule has 7 heteroatoms. The summed E-state index contributed by atoms with van der Waals surface area (Å²) in [6, 6.07) is 5.38. The Morgan fingerprint density at radius 3 is 2.95 bits per heavy atom. The van der Waals surface area contributed by atoms with E-state index in [0.717, 1.165) is 10.0 Å². The first-order valence-corrected chi connectivity index (χ1v) is 6.83. The van der Waals surface area contributed by atoms with Gasteiger partial charge in [0.15, 0.2) is 0 Å². The Morgan fingerprint density at radius 1 is 1.60 bits per heavy atom. The van der Waals surface area contributed by atoms with Gasteiger partial charge in [-0.2, -0.15) is 0 Å². The number of carbonyl (C=O) groups excluding carboxylic acids is 1. The molecule has 1 amide bonds. The molecule has 1 aliphatic rings. The molecule has 1 atom stereocenters. The van der Waals surface area contributed by atoms with Gasteiger partial charge in [-0.05, 0) is 18.7 Å². The number of alkyl halides is 1. The van der Waals surface area contributed by atoms with Crippen LogP contribution >= 0.6 is 28.3 Å². The second kappa shape index (κ2) is 7.36. The molecule has 0 bridgehead atoms. The summed E-state index contributed by atoms with van der Waals surface area (Å²) in [7, 11) is 1.57. The van der Waals surface area contributed by atoms with E-state index in [0.29, 0.717) is 18.8 Å². The second-order valence-electron chi connectivity index (χ2n) is 4.55. The van der Waals surface area contributed by atoms with E-state index in [-0.39, 0.29) is 25.4 Å². The molecule has 1 unspecified atom stereocenters. The third-order valence-electron chi connectivity index (χ3n) is 3.17. The van der Waals surface area contributed by atoms with Crippen LogP contribution in [0.1, 0.15) is 12.0 Å². The van der Waals surface area contributed by atoms with Gasteiger partial charge in [0.1, 0.15) is 0 Å². The van der Waals surface area contributed by atoms with Crippen LogP contribution in [0.25, 0.3) is 0 Å². The SMILES string of the molecule is COCc1c(Br)cccc1NC(=O)C1(F)CCNC1.Cl. The highest BCUT2D eigenvalue weighted by Crippen LogP contribution is 2.28. The van der Waals surface area contributed by atoms with E-state index < -0.39 is 11.6 Å². The molecule has 4 nitrogen and oxygen atoms in total. The molecule has 1 heterocycles. The van der Waals surface area contributed by atoms with Crippen molar-refractivity contribution in [3.8, 4) is 0 Å². The Labute approximate surface area is 132 Å². The van der Waals surface area contributed by atoms with Crippen LogP contribution in [0.15, 0.2) is 22.7 Å². The third kappa shape index (κ3) is 3.69. The number of halogens is 3. The smallest absolute Gasteiger partial charge is 0.263 e. The molecule has 1 aliphatic heterocycles. The van der Waals surface area contributed by atoms with Crippen LogP contribution in [0, 0.1) is 0 Å². The number of benzene rings is 1. The molecule has 0 spiro atoms. The summed E-state index contributed by atoms with van der Waals surface area (Å²) < 4.78 is 20.2. The summed E-state index contributed by atoms with van der Waals surface area (Å²) in [4.78, 5) is 12.0. The minimum atomic E-state index is -1.83. The third-order valence-corrected chi connectivity index (χ3v) is 3.91. The Morgan fingerprint density at radius 2 is 2.35 bits per heavy atom. The molecule has 0 saturated carbocycles. The lowest BCUT2D eigenvalue weighted by Gasteiger charge is -2.19. The fourth-order valence-corrected chi connectivity index (χ4v) is 2.54. The van der Waals surface area contributed by atoms with Gasteiger partial charge in [-0.1, -0.05) is 22.0 Å². The minimum absolute atomic E-state index is 0. The Bertz CT molecular complexity index is 481. The van der Waals surface area contributed by atoms with Crippen molar-refractivity contribution in [1.29, 1.82) is 0 Å². The Hall–Kier alpha value is -0.690. The normalized spacial score (nSPS) is 21.4. The molecule has 0 radical (unpaired) electrons. The van der Waals surface area contributed by atoms with Crippen molar-refractivity contribution in [3.05, 3.63) is 28.2 Å². The van der Waals surface area contributed by atoms with Crippen molar-refractivity contribution < 1.29 is 13.9 Å². The number of anilines is 1. The number of nitrogens with one attached hydrogen (secondary N) is 2. The van der Waals surface area contributed by atoms with Crippen molar-refractivity contribution in [2.45, 2.75) is 18.7 Å². The maximum absolute atomic E-state index is 14.3. The van der Waals surface area contributed by atoms with Gasteiger partial charge in [0.2, 0.25) is 5.67 Å². The van der Waals surface area contributed by atoms with Crippen LogP contribution in [-0.2, 0) is 16.1 Å². The van der Waals surface area contributed by atoms with Gasteiger partial charge < -0.3 is 15.4 Å². The number of carbonyl (C=O) groups is 1. The number of ether oxygens (including phenoxy) is 1. The van der Waals surface area contributed by atoms with Crippen molar-refractivity contribution >= 4 is 39.9 Å². The quantitative estimate of drug-likeness (QED) is 0.860. The molecule has 1 fully saturated rings. The summed E-state index contributed by atoms with van der Waals surface area (Å²) in [5.74, 6) is -0.604. The van der Waals surface area contributed by atoms with E-state index in [1.54, 1.807) is 19.2 Å². The molecular formula is C13H17BrClFN2O2. The van der Waals surface area contributed by atoms with Gasteiger partial charge >= 0.3 is 0 Å². The molecule has 2 N–H and O–H groups in total. The predicted molar refractivity (Wildman–Crippen MR) is 82.1 cm³/mol. The molecule has 0 aromatic heterocycles. The highest BCUT2D eigenvalue weighted by molar-refractivity contribution is 9.10. The summed E-state index contributed by atoms with van der Waals surface area (Å²) >= 11 is 3.40. The molecule has 0 aliphatic carbocycles. The zero-order chi connectivity index (χ0) is 13.9. The molecule has 1 aromatic carbocycles. The lowest BCUT2D eigenvalue weighted by molar-refractivity contribution is -0.126. The summed E-state index contributed by atoms with van der Waals surface area (Å²) in [6.07, 6.45) is 0.201. The zero-order valence-electron chi connectivity index (χ0n) is 11.0. The molecule has 1 saturated heterocycles. The predicted octanol–water partition coefficient (Wildman–Crippen LogP) is 2.66. The summed E-state index contributed by atoms with van der Waals surface area (Å²) in [6.45, 7) is 0.925. The average molecular weight is 368 g/mol. The van der Waals surface area contributed by atoms with E-state index >= 15 is 0 Å². The molecule has 112 valence electrons. The second-order valence-corrected chi connectivity index (χ2v) is 5.40. The van der Waals surface area contributed by atoms with Crippen LogP contribution in [0.3, 0.4) is 0 Å².